The molecule has 0 amide bonds. The van der Waals surface area contributed by atoms with Gasteiger partial charge in [0.05, 0.1) is 5.69 Å². The molecular formula is C19H17F3N4O2S. The van der Waals surface area contributed by atoms with Crippen molar-refractivity contribution in [1.29, 1.82) is 0 Å². The van der Waals surface area contributed by atoms with Crippen LogP contribution in [0.2, 0.25) is 0 Å². The van der Waals surface area contributed by atoms with Crippen molar-refractivity contribution in [1.82, 2.24) is 19.7 Å². The number of thiophene rings is 1. The third-order valence-electron chi connectivity index (χ3n) is 4.70. The Labute approximate surface area is 167 Å². The highest BCUT2D eigenvalue weighted by Gasteiger charge is 2.55. The Morgan fingerprint density at radius 1 is 1.21 bits per heavy atom. The van der Waals surface area contributed by atoms with Crippen LogP contribution in [0.25, 0.3) is 32.5 Å². The van der Waals surface area contributed by atoms with Crippen molar-refractivity contribution < 1.29 is 23.0 Å². The molecule has 1 atom stereocenters. The lowest BCUT2D eigenvalue weighted by Crippen LogP contribution is -2.42. The second kappa shape index (κ2) is 7.05. The van der Waals surface area contributed by atoms with Crippen LogP contribution in [0, 0.1) is 0 Å². The lowest BCUT2D eigenvalue weighted by atomic mass is 9.97. The number of aryl methyl sites for hydroxylation is 1. The first kappa shape index (κ1) is 19.7. The van der Waals surface area contributed by atoms with Gasteiger partial charge in [0, 0.05) is 60.8 Å². The van der Waals surface area contributed by atoms with Crippen LogP contribution in [-0.2, 0) is 17.4 Å². The molecule has 1 N–H and O–H groups in total. The molecule has 4 heterocycles. The molecule has 0 radical (unpaired) electrons. The Bertz CT molecular complexity index is 1190. The largest absolute Gasteiger partial charge is 0.422 e. The second-order valence-electron chi connectivity index (χ2n) is 6.74. The molecule has 0 aliphatic rings. The highest BCUT2D eigenvalue weighted by molar-refractivity contribution is 7.18. The van der Waals surface area contributed by atoms with Crippen molar-refractivity contribution in [2.75, 3.05) is 13.7 Å². The molecule has 0 saturated carbocycles. The van der Waals surface area contributed by atoms with Gasteiger partial charge in [0.15, 0.2) is 11.2 Å². The molecule has 152 valence electrons. The molecule has 0 bridgehead atoms. The Balaban J connectivity index is 1.76. The van der Waals surface area contributed by atoms with Crippen molar-refractivity contribution in [2.24, 2.45) is 7.05 Å². The number of methoxy groups -OCH3 is 1. The van der Waals surface area contributed by atoms with Crippen molar-refractivity contribution >= 4 is 32.6 Å². The molecular weight excluding hydrogens is 405 g/mol. The van der Waals surface area contributed by atoms with Gasteiger partial charge < -0.3 is 9.84 Å². The van der Waals surface area contributed by atoms with Gasteiger partial charge >= 0.3 is 6.18 Å². The van der Waals surface area contributed by atoms with Crippen molar-refractivity contribution in [2.45, 2.75) is 18.2 Å². The predicted octanol–water partition coefficient (Wildman–Crippen LogP) is 4.03. The number of aromatic nitrogens is 4. The summed E-state index contributed by atoms with van der Waals surface area (Å²) < 4.78 is 47.2. The average molecular weight is 422 g/mol. The zero-order chi connectivity index (χ0) is 20.8. The first-order valence-corrected chi connectivity index (χ1v) is 9.52. The zero-order valence-corrected chi connectivity index (χ0v) is 16.4. The van der Waals surface area contributed by atoms with E-state index in [4.69, 9.17) is 4.74 Å². The Morgan fingerprint density at radius 2 is 2.00 bits per heavy atom. The van der Waals surface area contributed by atoms with E-state index < -0.39 is 18.2 Å². The van der Waals surface area contributed by atoms with E-state index in [0.29, 0.717) is 21.6 Å². The molecule has 4 aromatic heterocycles. The summed E-state index contributed by atoms with van der Waals surface area (Å²) in [5.74, 6) is 0. The maximum Gasteiger partial charge on any atom is 0.422 e. The molecule has 0 aromatic carbocycles. The number of ether oxygens (including phenoxy) is 1. The maximum atomic E-state index is 13.6. The molecule has 0 aliphatic carbocycles. The van der Waals surface area contributed by atoms with E-state index in [1.807, 2.05) is 12.3 Å². The molecule has 0 unspecified atom stereocenters. The number of halogens is 3. The van der Waals surface area contributed by atoms with Gasteiger partial charge in [-0.05, 0) is 24.3 Å². The summed E-state index contributed by atoms with van der Waals surface area (Å²) in [5, 5.41) is 16.0. The molecule has 4 aromatic rings. The molecule has 4 rings (SSSR count). The fraction of sp³-hybridized carbons (Fsp3) is 0.316. The summed E-state index contributed by atoms with van der Waals surface area (Å²) >= 11 is 0.825. The van der Waals surface area contributed by atoms with Gasteiger partial charge in [-0.25, -0.2) is 9.97 Å². The van der Waals surface area contributed by atoms with Crippen LogP contribution in [0.1, 0.15) is 11.3 Å². The molecule has 0 spiro atoms. The van der Waals surface area contributed by atoms with E-state index >= 15 is 0 Å². The van der Waals surface area contributed by atoms with E-state index in [1.165, 1.54) is 13.2 Å². The number of nitrogens with zero attached hydrogens (tertiary/aromatic N) is 4. The van der Waals surface area contributed by atoms with Crippen molar-refractivity contribution in [3.8, 4) is 11.3 Å². The van der Waals surface area contributed by atoms with Gasteiger partial charge in [-0.15, -0.1) is 11.3 Å². The summed E-state index contributed by atoms with van der Waals surface area (Å²) in [4.78, 5) is 9.00. The van der Waals surface area contributed by atoms with Crippen LogP contribution in [0.3, 0.4) is 0 Å². The summed E-state index contributed by atoms with van der Waals surface area (Å²) in [7, 11) is 3.09. The minimum atomic E-state index is -4.83. The number of aliphatic hydroxyl groups is 1. The monoisotopic (exact) mass is 422 g/mol. The lowest BCUT2D eigenvalue weighted by molar-refractivity contribution is -0.270. The molecule has 29 heavy (non-hydrogen) atoms. The summed E-state index contributed by atoms with van der Waals surface area (Å²) in [5.41, 5.74) is -1.07. The minimum Gasteiger partial charge on any atom is -0.385 e. The van der Waals surface area contributed by atoms with Crippen molar-refractivity contribution in [3.05, 3.63) is 41.5 Å². The smallest absolute Gasteiger partial charge is 0.385 e. The van der Waals surface area contributed by atoms with Crippen LogP contribution in [0.4, 0.5) is 13.2 Å². The number of pyridine rings is 2. The van der Waals surface area contributed by atoms with Gasteiger partial charge in [-0.3, -0.25) is 4.68 Å². The van der Waals surface area contributed by atoms with Crippen LogP contribution in [0.15, 0.2) is 36.7 Å². The number of alkyl halides is 3. The highest BCUT2D eigenvalue weighted by Crippen LogP contribution is 2.45. The minimum absolute atomic E-state index is 0.206. The number of fused-ring (bicyclic) bond motifs is 2. The SMILES string of the molecule is COCC[C@@](O)(c1cc2ccc(-c3cnc4nn(C)cc4c3)nc2s1)C(F)(F)F. The molecule has 0 fully saturated rings. The Kier molecular flexibility index (Phi) is 4.80. The Hall–Kier alpha value is -2.56. The fourth-order valence-corrected chi connectivity index (χ4v) is 4.28. The Morgan fingerprint density at radius 3 is 2.72 bits per heavy atom. The first-order chi connectivity index (χ1) is 13.7. The maximum absolute atomic E-state index is 13.6. The molecule has 10 heteroatoms. The molecule has 6 nitrogen and oxygen atoms in total. The predicted molar refractivity (Wildman–Crippen MR) is 104 cm³/mol. The van der Waals surface area contributed by atoms with E-state index in [2.05, 4.69) is 15.1 Å². The van der Waals surface area contributed by atoms with Crippen molar-refractivity contribution in [3.63, 3.8) is 0 Å². The average Bonchev–Trinajstić information content (AvgIpc) is 3.26. The topological polar surface area (TPSA) is 73.1 Å². The summed E-state index contributed by atoms with van der Waals surface area (Å²) in [6.07, 6.45) is -1.96. The quantitative estimate of drug-likeness (QED) is 0.526. The highest BCUT2D eigenvalue weighted by atomic mass is 32.1. The van der Waals surface area contributed by atoms with E-state index in [-0.39, 0.29) is 11.5 Å². The van der Waals surface area contributed by atoms with Crippen LogP contribution in [0.5, 0.6) is 0 Å². The number of hydrogen-bond acceptors (Lipinski definition) is 6. The normalized spacial score (nSPS) is 14.6. The van der Waals surface area contributed by atoms with Gasteiger partial charge in [0.2, 0.25) is 0 Å². The third-order valence-corrected chi connectivity index (χ3v) is 5.89. The number of rotatable bonds is 5. The summed E-state index contributed by atoms with van der Waals surface area (Å²) in [6, 6.07) is 6.63. The van der Waals surface area contributed by atoms with Crippen LogP contribution < -0.4 is 0 Å². The summed E-state index contributed by atoms with van der Waals surface area (Å²) in [6.45, 7) is -0.222. The molecule has 0 saturated heterocycles. The standard InChI is InChI=1S/C19H17F3N4O2S/c1-26-10-13-7-12(9-23-16(13)25-26)14-4-3-11-8-15(29-17(11)24-14)18(27,5-6-28-2)19(20,21)22/h3-4,7-10,27H,5-6H2,1-2H3/t18-/m1/s1. The first-order valence-electron chi connectivity index (χ1n) is 8.70. The zero-order valence-electron chi connectivity index (χ0n) is 15.6. The number of hydrogen-bond donors (Lipinski definition) is 1. The van der Waals surface area contributed by atoms with Gasteiger partial charge in [-0.1, -0.05) is 0 Å². The van der Waals surface area contributed by atoms with Crippen LogP contribution in [-0.4, -0.2) is 44.7 Å². The second-order valence-corrected chi connectivity index (χ2v) is 7.77. The fourth-order valence-electron chi connectivity index (χ4n) is 3.11. The lowest BCUT2D eigenvalue weighted by Gasteiger charge is -2.29. The third kappa shape index (κ3) is 3.47. The van der Waals surface area contributed by atoms with E-state index in [0.717, 1.165) is 22.3 Å². The van der Waals surface area contributed by atoms with E-state index in [9.17, 15) is 18.3 Å². The van der Waals surface area contributed by atoms with Gasteiger partial charge in [0.1, 0.15) is 4.83 Å². The van der Waals surface area contributed by atoms with Crippen LogP contribution >= 0.6 is 11.3 Å². The van der Waals surface area contributed by atoms with E-state index in [1.54, 1.807) is 30.1 Å². The van der Waals surface area contributed by atoms with Gasteiger partial charge in [0.25, 0.3) is 0 Å². The molecule has 0 aliphatic heterocycles. The van der Waals surface area contributed by atoms with Gasteiger partial charge in [-0.2, -0.15) is 18.3 Å².